The van der Waals surface area contributed by atoms with Crippen LogP contribution in [0.1, 0.15) is 52.1 Å². The second kappa shape index (κ2) is 9.43. The molecule has 0 amide bonds. The molecule has 19 heavy (non-hydrogen) atoms. The fourth-order valence-electron chi connectivity index (χ4n) is 1.92. The molecule has 0 aromatic carbocycles. The molecule has 1 atom stereocenters. The first-order valence-corrected chi connectivity index (χ1v) is 8.66. The van der Waals surface area contributed by atoms with Gasteiger partial charge in [-0.2, -0.15) is 16.9 Å². The second-order valence-corrected chi connectivity index (χ2v) is 6.55. The molecule has 1 N–H and O–H groups in total. The van der Waals surface area contributed by atoms with Crippen LogP contribution >= 0.6 is 11.8 Å². The molecule has 0 radical (unpaired) electrons. The molecule has 1 aromatic rings. The van der Waals surface area contributed by atoms with Gasteiger partial charge in [-0.15, -0.1) is 0 Å². The number of nitrogens with zero attached hydrogens (tertiary/aromatic N) is 2. The first-order chi connectivity index (χ1) is 9.17. The van der Waals surface area contributed by atoms with Gasteiger partial charge < -0.3 is 5.32 Å². The van der Waals surface area contributed by atoms with E-state index < -0.39 is 0 Å². The minimum Gasteiger partial charge on any atom is -0.309 e. The van der Waals surface area contributed by atoms with Crippen molar-refractivity contribution in [3.05, 3.63) is 18.0 Å². The van der Waals surface area contributed by atoms with Gasteiger partial charge in [0.2, 0.25) is 0 Å². The number of aromatic nitrogens is 2. The fourth-order valence-corrected chi connectivity index (χ4v) is 3.08. The van der Waals surface area contributed by atoms with E-state index in [0.29, 0.717) is 6.04 Å². The Morgan fingerprint density at radius 1 is 1.26 bits per heavy atom. The van der Waals surface area contributed by atoms with Crippen LogP contribution < -0.4 is 5.32 Å². The maximum absolute atomic E-state index is 4.45. The molecular formula is C15H29N3S. The van der Waals surface area contributed by atoms with Crippen molar-refractivity contribution < 1.29 is 0 Å². The summed E-state index contributed by atoms with van der Waals surface area (Å²) in [7, 11) is 0. The lowest BCUT2D eigenvalue weighted by Crippen LogP contribution is -2.24. The highest BCUT2D eigenvalue weighted by Crippen LogP contribution is 2.20. The largest absolute Gasteiger partial charge is 0.309 e. The minimum absolute atomic E-state index is 0.439. The van der Waals surface area contributed by atoms with Gasteiger partial charge in [0, 0.05) is 30.1 Å². The molecule has 110 valence electrons. The molecule has 0 aliphatic rings. The van der Waals surface area contributed by atoms with E-state index in [-0.39, 0.29) is 0 Å². The number of hydrogen-bond donors (Lipinski definition) is 1. The van der Waals surface area contributed by atoms with Gasteiger partial charge in [-0.05, 0) is 31.1 Å². The lowest BCUT2D eigenvalue weighted by Gasteiger charge is -2.17. The van der Waals surface area contributed by atoms with E-state index in [1.165, 1.54) is 17.7 Å². The van der Waals surface area contributed by atoms with Crippen molar-refractivity contribution in [2.75, 3.05) is 18.1 Å². The van der Waals surface area contributed by atoms with Crippen molar-refractivity contribution in [3.63, 3.8) is 0 Å². The SMILES string of the molecule is CCCNC(CSCC(C)C)c1cnn(CCC)c1. The van der Waals surface area contributed by atoms with Gasteiger partial charge in [0.1, 0.15) is 0 Å². The number of hydrogen-bond acceptors (Lipinski definition) is 3. The van der Waals surface area contributed by atoms with Crippen LogP contribution in [0, 0.1) is 5.92 Å². The molecule has 3 nitrogen and oxygen atoms in total. The molecular weight excluding hydrogens is 254 g/mol. The zero-order valence-corrected chi connectivity index (χ0v) is 13.7. The Morgan fingerprint density at radius 3 is 2.68 bits per heavy atom. The number of aryl methyl sites for hydroxylation is 1. The summed E-state index contributed by atoms with van der Waals surface area (Å²) in [5.74, 6) is 3.13. The Hall–Kier alpha value is -0.480. The van der Waals surface area contributed by atoms with E-state index >= 15 is 0 Å². The zero-order valence-electron chi connectivity index (χ0n) is 12.9. The number of nitrogens with one attached hydrogen (secondary N) is 1. The monoisotopic (exact) mass is 283 g/mol. The summed E-state index contributed by atoms with van der Waals surface area (Å²) in [5.41, 5.74) is 1.33. The van der Waals surface area contributed by atoms with Gasteiger partial charge in [-0.3, -0.25) is 4.68 Å². The maximum atomic E-state index is 4.45. The molecule has 0 saturated heterocycles. The molecule has 0 aliphatic heterocycles. The van der Waals surface area contributed by atoms with Crippen LogP contribution in [0.5, 0.6) is 0 Å². The summed E-state index contributed by atoms with van der Waals surface area (Å²) >= 11 is 2.04. The Kier molecular flexibility index (Phi) is 8.22. The van der Waals surface area contributed by atoms with Gasteiger partial charge in [-0.1, -0.05) is 27.7 Å². The van der Waals surface area contributed by atoms with Crippen LogP contribution in [0.4, 0.5) is 0 Å². The third-order valence-electron chi connectivity index (χ3n) is 2.88. The molecule has 0 aliphatic carbocycles. The third-order valence-corrected chi connectivity index (χ3v) is 4.36. The third kappa shape index (κ3) is 6.48. The van der Waals surface area contributed by atoms with E-state index in [4.69, 9.17) is 0 Å². The van der Waals surface area contributed by atoms with E-state index in [1.807, 2.05) is 18.0 Å². The Bertz CT molecular complexity index is 336. The highest BCUT2D eigenvalue weighted by atomic mass is 32.2. The van der Waals surface area contributed by atoms with Crippen LogP contribution in [0.15, 0.2) is 12.4 Å². The van der Waals surface area contributed by atoms with Crippen molar-refractivity contribution in [2.45, 2.75) is 53.1 Å². The normalized spacial score (nSPS) is 13.1. The van der Waals surface area contributed by atoms with E-state index in [0.717, 1.165) is 31.2 Å². The lowest BCUT2D eigenvalue weighted by atomic mass is 10.2. The smallest absolute Gasteiger partial charge is 0.0537 e. The molecule has 1 heterocycles. The molecule has 4 heteroatoms. The highest BCUT2D eigenvalue weighted by molar-refractivity contribution is 7.99. The molecule has 1 rings (SSSR count). The van der Waals surface area contributed by atoms with Crippen molar-refractivity contribution in [1.82, 2.24) is 15.1 Å². The second-order valence-electron chi connectivity index (χ2n) is 5.47. The Balaban J connectivity index is 2.55. The molecule has 0 fully saturated rings. The average Bonchev–Trinajstić information content (AvgIpc) is 2.82. The summed E-state index contributed by atoms with van der Waals surface area (Å²) in [6.45, 7) is 11.0. The predicted octanol–water partition coefficient (Wildman–Crippen LogP) is 3.72. The number of thioether (sulfide) groups is 1. The van der Waals surface area contributed by atoms with Gasteiger partial charge in [0.25, 0.3) is 0 Å². The van der Waals surface area contributed by atoms with Crippen molar-refractivity contribution in [2.24, 2.45) is 5.92 Å². The van der Waals surface area contributed by atoms with Gasteiger partial charge >= 0.3 is 0 Å². The van der Waals surface area contributed by atoms with Crippen molar-refractivity contribution in [1.29, 1.82) is 0 Å². The molecule has 1 unspecified atom stereocenters. The van der Waals surface area contributed by atoms with Crippen molar-refractivity contribution in [3.8, 4) is 0 Å². The van der Waals surface area contributed by atoms with E-state index in [9.17, 15) is 0 Å². The average molecular weight is 283 g/mol. The van der Waals surface area contributed by atoms with E-state index in [1.54, 1.807) is 0 Å². The van der Waals surface area contributed by atoms with Gasteiger partial charge in [0.05, 0.1) is 6.20 Å². The summed E-state index contributed by atoms with van der Waals surface area (Å²) in [6.07, 6.45) is 6.54. The van der Waals surface area contributed by atoms with Crippen LogP contribution in [0.25, 0.3) is 0 Å². The summed E-state index contributed by atoms with van der Waals surface area (Å²) in [6, 6.07) is 0.439. The first-order valence-electron chi connectivity index (χ1n) is 7.50. The molecule has 1 aromatic heterocycles. The molecule has 0 spiro atoms. The van der Waals surface area contributed by atoms with Gasteiger partial charge in [0.15, 0.2) is 0 Å². The quantitative estimate of drug-likeness (QED) is 0.709. The molecule has 0 saturated carbocycles. The standard InChI is InChI=1S/C15H29N3S/c1-5-7-16-15(12-19-11-13(3)4)14-9-17-18(10-14)8-6-2/h9-10,13,15-16H,5-8,11-12H2,1-4H3. The summed E-state index contributed by atoms with van der Waals surface area (Å²) in [5, 5.41) is 8.09. The Morgan fingerprint density at radius 2 is 2.05 bits per heavy atom. The minimum atomic E-state index is 0.439. The topological polar surface area (TPSA) is 29.9 Å². The maximum Gasteiger partial charge on any atom is 0.0537 e. The fraction of sp³-hybridized carbons (Fsp3) is 0.800. The highest BCUT2D eigenvalue weighted by Gasteiger charge is 2.13. The van der Waals surface area contributed by atoms with Gasteiger partial charge in [-0.25, -0.2) is 0 Å². The van der Waals surface area contributed by atoms with Crippen LogP contribution in [-0.2, 0) is 6.54 Å². The first kappa shape index (κ1) is 16.6. The Labute approximate surface area is 122 Å². The summed E-state index contributed by atoms with van der Waals surface area (Å²) < 4.78 is 2.06. The van der Waals surface area contributed by atoms with Crippen LogP contribution in [0.2, 0.25) is 0 Å². The van der Waals surface area contributed by atoms with Crippen LogP contribution in [0.3, 0.4) is 0 Å². The van der Waals surface area contributed by atoms with E-state index in [2.05, 4.69) is 49.0 Å². The predicted molar refractivity (Wildman–Crippen MR) is 85.7 cm³/mol. The van der Waals surface area contributed by atoms with Crippen LogP contribution in [-0.4, -0.2) is 27.8 Å². The lowest BCUT2D eigenvalue weighted by molar-refractivity contribution is 0.572. The van der Waals surface area contributed by atoms with Crippen molar-refractivity contribution >= 4 is 11.8 Å². The molecule has 0 bridgehead atoms. The summed E-state index contributed by atoms with van der Waals surface area (Å²) in [4.78, 5) is 0. The zero-order chi connectivity index (χ0) is 14.1. The number of rotatable bonds is 10.